The van der Waals surface area contributed by atoms with E-state index in [1.807, 2.05) is 77.7 Å². The monoisotopic (exact) mass is 507 g/mol. The maximum absolute atomic E-state index is 13.6. The molecule has 3 heterocycles. The van der Waals surface area contributed by atoms with Gasteiger partial charge in [-0.25, -0.2) is 4.52 Å². The zero-order valence-corrected chi connectivity index (χ0v) is 20.8. The molecule has 9 heteroatoms. The number of hydrogen-bond acceptors (Lipinski definition) is 5. The van der Waals surface area contributed by atoms with Crippen LogP contribution in [0.5, 0.6) is 11.5 Å². The van der Waals surface area contributed by atoms with E-state index >= 15 is 0 Å². The first kappa shape index (κ1) is 22.7. The van der Waals surface area contributed by atoms with Crippen LogP contribution in [-0.2, 0) is 16.6 Å². The van der Waals surface area contributed by atoms with Crippen molar-refractivity contribution in [3.8, 4) is 11.5 Å². The lowest BCUT2D eigenvalue weighted by atomic mass is 10.1. The molecule has 182 valence electrons. The fraction of sp³-hybridized carbons (Fsp3) is 0.0714. The number of nitrogens with zero attached hydrogens (tertiary/aromatic N) is 4. The van der Waals surface area contributed by atoms with Gasteiger partial charge in [0.15, 0.2) is 5.11 Å². The summed E-state index contributed by atoms with van der Waals surface area (Å²) in [6.45, 7) is 1.85. The molecule has 0 radical (unpaired) electrons. The Hall–Kier alpha value is -4.76. The normalized spacial score (nSPS) is 15.1. The molecule has 0 spiro atoms. The van der Waals surface area contributed by atoms with Crippen molar-refractivity contribution >= 4 is 57.6 Å². The van der Waals surface area contributed by atoms with E-state index in [1.165, 1.54) is 4.90 Å². The molecule has 6 rings (SSSR count). The number of thiocarbonyl (C=S) groups is 1. The Morgan fingerprint density at radius 1 is 0.892 bits per heavy atom. The number of nitrogens with one attached hydrogen (secondary N) is 1. The molecule has 8 nitrogen and oxygen atoms in total. The van der Waals surface area contributed by atoms with Crippen LogP contribution in [0, 0.1) is 6.92 Å². The van der Waals surface area contributed by atoms with Crippen LogP contribution < -0.4 is 15.0 Å². The molecule has 1 saturated heterocycles. The Balaban J connectivity index is 1.37. The first-order valence-corrected chi connectivity index (χ1v) is 12.0. The molecule has 0 unspecified atom stereocenters. The topological polar surface area (TPSA) is 80.9 Å². The maximum Gasteiger partial charge on any atom is 0.270 e. The molecule has 1 aliphatic heterocycles. The van der Waals surface area contributed by atoms with Crippen molar-refractivity contribution in [1.82, 2.24) is 19.5 Å². The van der Waals surface area contributed by atoms with Crippen LogP contribution in [-0.4, -0.2) is 31.1 Å². The summed E-state index contributed by atoms with van der Waals surface area (Å²) in [6.07, 6.45) is 1.59. The molecule has 0 atom stereocenters. The Kier molecular flexibility index (Phi) is 5.35. The summed E-state index contributed by atoms with van der Waals surface area (Å²) in [5.74, 6) is 0.253. The Morgan fingerprint density at radius 3 is 2.27 bits per heavy atom. The fourth-order valence-electron chi connectivity index (χ4n) is 4.55. The fourth-order valence-corrected chi connectivity index (χ4v) is 4.83. The molecule has 37 heavy (non-hydrogen) atoms. The summed E-state index contributed by atoms with van der Waals surface area (Å²) in [5.41, 5.74) is 4.60. The van der Waals surface area contributed by atoms with Gasteiger partial charge in [0.25, 0.3) is 11.8 Å². The largest absolute Gasteiger partial charge is 0.457 e. The van der Waals surface area contributed by atoms with Crippen molar-refractivity contribution in [2.75, 3.05) is 4.90 Å². The van der Waals surface area contributed by atoms with E-state index in [2.05, 4.69) is 10.4 Å². The second-order valence-corrected chi connectivity index (χ2v) is 9.04. The van der Waals surface area contributed by atoms with Gasteiger partial charge in [0.1, 0.15) is 22.7 Å². The number of benzene rings is 3. The van der Waals surface area contributed by atoms with Gasteiger partial charge in [0.05, 0.1) is 22.4 Å². The van der Waals surface area contributed by atoms with Gasteiger partial charge in [-0.2, -0.15) is 5.10 Å². The highest BCUT2D eigenvalue weighted by molar-refractivity contribution is 7.80. The number of ether oxygens (including phenoxy) is 1. The molecule has 5 aromatic rings. The third-order valence-electron chi connectivity index (χ3n) is 6.33. The SMILES string of the molecule is Cc1nn2c3ccccc3n(C)c2c1/C=C1/C(=O)NC(=S)N(c2ccc(Oc3ccccc3)cc2)C1=O. The predicted molar refractivity (Wildman–Crippen MR) is 146 cm³/mol. The van der Waals surface area contributed by atoms with Gasteiger partial charge < -0.3 is 9.30 Å². The second-order valence-electron chi connectivity index (χ2n) is 8.65. The number of amides is 2. The molecule has 0 bridgehead atoms. The van der Waals surface area contributed by atoms with E-state index in [9.17, 15) is 9.59 Å². The number of anilines is 1. The smallest absolute Gasteiger partial charge is 0.270 e. The van der Waals surface area contributed by atoms with E-state index in [0.29, 0.717) is 28.4 Å². The molecule has 0 aliphatic carbocycles. The number of rotatable bonds is 4. The molecule has 1 fully saturated rings. The van der Waals surface area contributed by atoms with Gasteiger partial charge in [-0.3, -0.25) is 19.8 Å². The van der Waals surface area contributed by atoms with Crippen LogP contribution >= 0.6 is 12.2 Å². The molecule has 1 N–H and O–H groups in total. The summed E-state index contributed by atoms with van der Waals surface area (Å²) >= 11 is 5.36. The lowest BCUT2D eigenvalue weighted by Gasteiger charge is -2.29. The Labute approximate surface area is 217 Å². The minimum Gasteiger partial charge on any atom is -0.457 e. The minimum absolute atomic E-state index is 0.0188. The van der Waals surface area contributed by atoms with Crippen molar-refractivity contribution in [3.05, 3.63) is 95.7 Å². The van der Waals surface area contributed by atoms with Gasteiger partial charge in [0, 0.05) is 12.6 Å². The zero-order chi connectivity index (χ0) is 25.7. The van der Waals surface area contributed by atoms with Gasteiger partial charge in [-0.05, 0) is 73.7 Å². The van der Waals surface area contributed by atoms with E-state index < -0.39 is 11.8 Å². The quantitative estimate of drug-likeness (QED) is 0.216. The van der Waals surface area contributed by atoms with Crippen LogP contribution in [0.4, 0.5) is 5.69 Å². The Bertz CT molecular complexity index is 1750. The minimum atomic E-state index is -0.548. The summed E-state index contributed by atoms with van der Waals surface area (Å²) < 4.78 is 9.67. The first-order valence-electron chi connectivity index (χ1n) is 11.6. The lowest BCUT2D eigenvalue weighted by molar-refractivity contribution is -0.122. The summed E-state index contributed by atoms with van der Waals surface area (Å²) in [6, 6.07) is 24.2. The summed E-state index contributed by atoms with van der Waals surface area (Å²) in [5, 5.41) is 7.34. The van der Waals surface area contributed by atoms with E-state index in [-0.39, 0.29) is 10.7 Å². The summed E-state index contributed by atoms with van der Waals surface area (Å²) in [7, 11) is 1.93. The van der Waals surface area contributed by atoms with E-state index in [1.54, 1.807) is 30.3 Å². The number of imidazole rings is 1. The third kappa shape index (κ3) is 3.76. The van der Waals surface area contributed by atoms with Crippen LogP contribution in [0.15, 0.2) is 84.4 Å². The van der Waals surface area contributed by atoms with Gasteiger partial charge in [-0.1, -0.05) is 30.3 Å². The maximum atomic E-state index is 13.6. The van der Waals surface area contributed by atoms with E-state index in [4.69, 9.17) is 17.0 Å². The van der Waals surface area contributed by atoms with Crippen LogP contribution in [0.1, 0.15) is 11.3 Å². The molecule has 3 aromatic carbocycles. The van der Waals surface area contributed by atoms with Crippen LogP contribution in [0.3, 0.4) is 0 Å². The second kappa shape index (κ2) is 8.72. The number of carbonyl (C=O) groups excluding carboxylic acids is 2. The van der Waals surface area contributed by atoms with Crippen molar-refractivity contribution in [3.63, 3.8) is 0 Å². The molecule has 1 aliphatic rings. The van der Waals surface area contributed by atoms with Gasteiger partial charge in [-0.15, -0.1) is 0 Å². The average Bonchev–Trinajstić information content (AvgIpc) is 3.36. The highest BCUT2D eigenvalue weighted by atomic mass is 32.1. The highest BCUT2D eigenvalue weighted by Gasteiger charge is 2.35. The lowest BCUT2D eigenvalue weighted by Crippen LogP contribution is -2.54. The number of carbonyl (C=O) groups is 2. The van der Waals surface area contributed by atoms with Crippen LogP contribution in [0.25, 0.3) is 22.8 Å². The van der Waals surface area contributed by atoms with Gasteiger partial charge >= 0.3 is 0 Å². The van der Waals surface area contributed by atoms with Crippen LogP contribution in [0.2, 0.25) is 0 Å². The standard InChI is InChI=1S/C28H21N5O3S/c1-17-21(26-31(2)23-10-6-7-11-24(23)33(26)30-17)16-22-25(34)29-28(37)32(27(22)35)18-12-14-20(15-13-18)36-19-8-4-3-5-9-19/h3-16H,1-2H3,(H,29,34,37)/b22-16-. The predicted octanol–water partition coefficient (Wildman–Crippen LogP) is 4.76. The van der Waals surface area contributed by atoms with Crippen molar-refractivity contribution in [2.24, 2.45) is 7.05 Å². The molecular weight excluding hydrogens is 486 g/mol. The highest BCUT2D eigenvalue weighted by Crippen LogP contribution is 2.29. The number of fused-ring (bicyclic) bond motifs is 3. The Morgan fingerprint density at radius 2 is 1.54 bits per heavy atom. The van der Waals surface area contributed by atoms with Gasteiger partial charge in [0.2, 0.25) is 0 Å². The molecular formula is C28H21N5O3S. The van der Waals surface area contributed by atoms with Crippen molar-refractivity contribution < 1.29 is 14.3 Å². The summed E-state index contributed by atoms with van der Waals surface area (Å²) in [4.78, 5) is 27.8. The zero-order valence-electron chi connectivity index (χ0n) is 20.0. The number of aryl methyl sites for hydroxylation is 2. The number of para-hydroxylation sites is 3. The number of aromatic nitrogens is 3. The first-order chi connectivity index (χ1) is 17.9. The van der Waals surface area contributed by atoms with Crippen molar-refractivity contribution in [2.45, 2.75) is 6.92 Å². The molecule has 2 amide bonds. The molecule has 2 aromatic heterocycles. The van der Waals surface area contributed by atoms with Crippen molar-refractivity contribution in [1.29, 1.82) is 0 Å². The molecule has 0 saturated carbocycles. The number of hydrogen-bond donors (Lipinski definition) is 1. The van der Waals surface area contributed by atoms with E-state index in [0.717, 1.165) is 16.7 Å². The average molecular weight is 508 g/mol. The third-order valence-corrected chi connectivity index (χ3v) is 6.62.